The van der Waals surface area contributed by atoms with Crippen LogP contribution in [0.25, 0.3) is 0 Å². The molecule has 7 nitrogen and oxygen atoms in total. The van der Waals surface area contributed by atoms with Gasteiger partial charge in [-0.25, -0.2) is 0 Å². The van der Waals surface area contributed by atoms with Crippen LogP contribution in [0.5, 0.6) is 0 Å². The average molecular weight is 481 g/mol. The van der Waals surface area contributed by atoms with E-state index < -0.39 is 0 Å². The molecule has 1 aromatic carbocycles. The molecular weight excluding hydrogens is 453 g/mol. The molecule has 0 saturated carbocycles. The number of aliphatic imine (C=N–C) groups is 1. The molecule has 0 fully saturated rings. The van der Waals surface area contributed by atoms with Gasteiger partial charge in [-0.2, -0.15) is 11.8 Å². The number of benzene rings is 1. The predicted molar refractivity (Wildman–Crippen MR) is 119 cm³/mol. The number of para-hydroxylation sites is 2. The summed E-state index contributed by atoms with van der Waals surface area (Å²) in [5.41, 5.74) is 0.606. The van der Waals surface area contributed by atoms with Crippen molar-refractivity contribution in [2.24, 2.45) is 4.99 Å². The molecule has 0 aromatic heterocycles. The quantitative estimate of drug-likeness (QED) is 0.125. The summed E-state index contributed by atoms with van der Waals surface area (Å²) >= 11 is 1.78. The number of nitro benzene ring substituents is 1. The zero-order valence-electron chi connectivity index (χ0n) is 15.2. The predicted octanol–water partition coefficient (Wildman–Crippen LogP) is 3.32. The van der Waals surface area contributed by atoms with Crippen LogP contribution in [0.15, 0.2) is 29.3 Å². The molecule has 0 bridgehead atoms. The Balaban J connectivity index is 0.00000576. The lowest BCUT2D eigenvalue weighted by atomic mass is 10.2. The molecule has 0 radical (unpaired) electrons. The summed E-state index contributed by atoms with van der Waals surface area (Å²) in [6, 6.07) is 6.63. The Hall–Kier alpha value is -1.23. The zero-order chi connectivity index (χ0) is 18.0. The molecule has 0 aliphatic rings. The largest absolute Gasteiger partial charge is 0.378 e. The third-order valence-corrected chi connectivity index (χ3v) is 4.58. The van der Waals surface area contributed by atoms with Crippen LogP contribution in [-0.4, -0.2) is 48.1 Å². The Morgan fingerprint density at radius 3 is 2.56 bits per heavy atom. The van der Waals surface area contributed by atoms with Gasteiger partial charge in [-0.1, -0.05) is 12.1 Å². The fourth-order valence-corrected chi connectivity index (χ4v) is 2.03. The van der Waals surface area contributed by atoms with Crippen LogP contribution in [0.4, 0.5) is 11.4 Å². The molecule has 142 valence electrons. The highest BCUT2D eigenvalue weighted by atomic mass is 127. The fraction of sp³-hybridized carbons (Fsp3) is 0.562. The number of nitrogens with zero attached hydrogens (tertiary/aromatic N) is 2. The molecule has 0 unspecified atom stereocenters. The molecule has 0 atom stereocenters. The Morgan fingerprint density at radius 2 is 1.96 bits per heavy atom. The molecule has 3 N–H and O–H groups in total. The van der Waals surface area contributed by atoms with Gasteiger partial charge in [0.1, 0.15) is 5.69 Å². The van der Waals surface area contributed by atoms with Crippen LogP contribution in [0.2, 0.25) is 0 Å². The standard InChI is InChI=1S/C16H27N5O2S.HI/c1-5-17-15(20-12-16(2,3)24-4)19-11-10-18-13-8-6-7-9-14(13)21(22)23;/h6-9,18H,5,10-12H2,1-4H3,(H2,17,19,20);1H. The number of nitro groups is 1. The zero-order valence-corrected chi connectivity index (χ0v) is 18.3. The molecule has 0 heterocycles. The van der Waals surface area contributed by atoms with Gasteiger partial charge in [-0.05, 0) is 33.1 Å². The molecule has 0 spiro atoms. The second-order valence-corrected chi connectivity index (χ2v) is 7.30. The van der Waals surface area contributed by atoms with Crippen molar-refractivity contribution in [1.29, 1.82) is 0 Å². The smallest absolute Gasteiger partial charge is 0.292 e. The van der Waals surface area contributed by atoms with Crippen molar-refractivity contribution in [1.82, 2.24) is 10.6 Å². The maximum absolute atomic E-state index is 11.0. The molecule has 0 amide bonds. The van der Waals surface area contributed by atoms with E-state index in [4.69, 9.17) is 0 Å². The fourth-order valence-electron chi connectivity index (χ4n) is 1.84. The monoisotopic (exact) mass is 481 g/mol. The van der Waals surface area contributed by atoms with Gasteiger partial charge in [-0.3, -0.25) is 15.1 Å². The lowest BCUT2D eigenvalue weighted by molar-refractivity contribution is -0.384. The van der Waals surface area contributed by atoms with E-state index in [1.54, 1.807) is 30.0 Å². The van der Waals surface area contributed by atoms with Crippen LogP contribution in [-0.2, 0) is 0 Å². The van der Waals surface area contributed by atoms with E-state index >= 15 is 0 Å². The number of nitrogens with one attached hydrogen (secondary N) is 3. The minimum Gasteiger partial charge on any atom is -0.378 e. The first-order chi connectivity index (χ1) is 11.4. The molecular formula is C16H28IN5O2S. The second-order valence-electron chi connectivity index (χ2n) is 5.79. The van der Waals surface area contributed by atoms with E-state index in [1.807, 2.05) is 6.92 Å². The minimum atomic E-state index is -0.383. The number of hydrogen-bond acceptors (Lipinski definition) is 5. The van der Waals surface area contributed by atoms with Gasteiger partial charge >= 0.3 is 0 Å². The van der Waals surface area contributed by atoms with E-state index in [-0.39, 0.29) is 39.3 Å². The van der Waals surface area contributed by atoms with Gasteiger partial charge in [0.15, 0.2) is 5.96 Å². The highest BCUT2D eigenvalue weighted by Crippen LogP contribution is 2.22. The van der Waals surface area contributed by atoms with Gasteiger partial charge in [0.2, 0.25) is 0 Å². The highest BCUT2D eigenvalue weighted by molar-refractivity contribution is 14.0. The van der Waals surface area contributed by atoms with E-state index in [2.05, 4.69) is 41.0 Å². The van der Waals surface area contributed by atoms with Crippen LogP contribution in [0, 0.1) is 10.1 Å². The summed E-state index contributed by atoms with van der Waals surface area (Å²) in [6.07, 6.45) is 2.08. The first-order valence-electron chi connectivity index (χ1n) is 7.94. The van der Waals surface area contributed by atoms with Crippen LogP contribution >= 0.6 is 35.7 Å². The second kappa shape index (κ2) is 12.2. The molecule has 9 heteroatoms. The molecule has 1 aromatic rings. The number of thioether (sulfide) groups is 1. The molecule has 0 saturated heterocycles. The lowest BCUT2D eigenvalue weighted by Crippen LogP contribution is -2.40. The lowest BCUT2D eigenvalue weighted by Gasteiger charge is -2.20. The Labute approximate surface area is 171 Å². The maximum Gasteiger partial charge on any atom is 0.292 e. The van der Waals surface area contributed by atoms with Gasteiger partial charge in [-0.15, -0.1) is 24.0 Å². The Morgan fingerprint density at radius 1 is 1.28 bits per heavy atom. The minimum absolute atomic E-state index is 0. The van der Waals surface area contributed by atoms with Crippen LogP contribution in [0.3, 0.4) is 0 Å². The number of halogens is 1. The summed E-state index contributed by atoms with van der Waals surface area (Å²) in [5, 5.41) is 20.5. The first-order valence-corrected chi connectivity index (χ1v) is 9.16. The SMILES string of the molecule is CCNC(=NCC(C)(C)SC)NCCNc1ccccc1[N+](=O)[O-].I. The van der Waals surface area contributed by atoms with Crippen molar-refractivity contribution < 1.29 is 4.92 Å². The summed E-state index contributed by atoms with van der Waals surface area (Å²) in [7, 11) is 0. The van der Waals surface area contributed by atoms with E-state index in [0.29, 0.717) is 25.3 Å². The van der Waals surface area contributed by atoms with Crippen molar-refractivity contribution >= 4 is 53.1 Å². The number of anilines is 1. The number of guanidine groups is 1. The van der Waals surface area contributed by atoms with Gasteiger partial charge < -0.3 is 16.0 Å². The molecule has 0 aliphatic carbocycles. The van der Waals surface area contributed by atoms with Crippen LogP contribution < -0.4 is 16.0 Å². The van der Waals surface area contributed by atoms with Crippen LogP contribution in [0.1, 0.15) is 20.8 Å². The van der Waals surface area contributed by atoms with E-state index in [1.165, 1.54) is 6.07 Å². The third kappa shape index (κ3) is 9.15. The van der Waals surface area contributed by atoms with Gasteiger partial charge in [0.05, 0.1) is 11.5 Å². The van der Waals surface area contributed by atoms with Crippen molar-refractivity contribution in [3.05, 3.63) is 34.4 Å². The molecule has 0 aliphatic heterocycles. The molecule has 25 heavy (non-hydrogen) atoms. The average Bonchev–Trinajstić information content (AvgIpc) is 2.56. The summed E-state index contributed by atoms with van der Waals surface area (Å²) in [5.74, 6) is 0.754. The van der Waals surface area contributed by atoms with Gasteiger partial charge in [0.25, 0.3) is 5.69 Å². The van der Waals surface area contributed by atoms with E-state index in [0.717, 1.165) is 12.5 Å². The first kappa shape index (κ1) is 23.8. The Kier molecular flexibility index (Phi) is 11.6. The van der Waals surface area contributed by atoms with Crippen molar-refractivity contribution in [2.45, 2.75) is 25.5 Å². The third-order valence-electron chi connectivity index (χ3n) is 3.35. The Bertz CT molecular complexity index is 569. The molecule has 1 rings (SSSR count). The van der Waals surface area contributed by atoms with Crippen molar-refractivity contribution in [3.63, 3.8) is 0 Å². The van der Waals surface area contributed by atoms with Crippen molar-refractivity contribution in [2.75, 3.05) is 37.8 Å². The highest BCUT2D eigenvalue weighted by Gasteiger charge is 2.15. The summed E-state index contributed by atoms with van der Waals surface area (Å²) < 4.78 is 0.0885. The normalized spacial score (nSPS) is 11.4. The van der Waals surface area contributed by atoms with Gasteiger partial charge in [0, 0.05) is 30.4 Å². The topological polar surface area (TPSA) is 91.6 Å². The van der Waals surface area contributed by atoms with E-state index in [9.17, 15) is 10.1 Å². The number of hydrogen-bond donors (Lipinski definition) is 3. The summed E-state index contributed by atoms with van der Waals surface area (Å²) in [6.45, 7) is 8.98. The maximum atomic E-state index is 11.0. The summed E-state index contributed by atoms with van der Waals surface area (Å²) in [4.78, 5) is 15.2. The number of rotatable bonds is 9. The van der Waals surface area contributed by atoms with Crippen molar-refractivity contribution in [3.8, 4) is 0 Å².